The third-order valence-corrected chi connectivity index (χ3v) is 10.2. The fraction of sp³-hybridized carbons (Fsp3) is 0.250. The number of aromatic nitrogens is 6. The number of pyridine rings is 1. The zero-order valence-corrected chi connectivity index (χ0v) is 28.5. The Balaban J connectivity index is 1.28. The number of nitrogens with one attached hydrogen (secondary N) is 3. The topological polar surface area (TPSA) is 157 Å². The molecule has 51 heavy (non-hydrogen) atoms. The average molecular weight is 706 g/mol. The van der Waals surface area contributed by atoms with Gasteiger partial charge in [0.05, 0.1) is 34.6 Å². The van der Waals surface area contributed by atoms with Crippen molar-refractivity contribution >= 4 is 38.4 Å². The molecule has 1 amide bonds. The maximum absolute atomic E-state index is 14.8. The number of carbonyl (C=O) groups is 1. The molecule has 3 N–H and O–H groups in total. The molecule has 13 nitrogen and oxygen atoms in total. The van der Waals surface area contributed by atoms with Gasteiger partial charge in [-0.15, -0.1) is 5.10 Å². The lowest BCUT2D eigenvalue weighted by Crippen LogP contribution is -2.35. The largest absolute Gasteiger partial charge is 0.344 e. The van der Waals surface area contributed by atoms with Crippen LogP contribution in [0.2, 0.25) is 0 Å². The molecule has 15 heteroatoms. The van der Waals surface area contributed by atoms with Crippen LogP contribution >= 0.6 is 0 Å². The second-order valence-corrected chi connectivity index (χ2v) is 14.3. The normalized spacial score (nSPS) is 14.6. The molecule has 2 aromatic carbocycles. The summed E-state index contributed by atoms with van der Waals surface area (Å²) < 4.78 is 50.0. The lowest BCUT2D eigenvalue weighted by Gasteiger charge is -2.28. The summed E-state index contributed by atoms with van der Waals surface area (Å²) in [5.74, 6) is 4.88. The number of halogens is 1. The minimum Gasteiger partial charge on any atom is -0.344 e. The van der Waals surface area contributed by atoms with E-state index in [0.717, 1.165) is 42.2 Å². The third-order valence-electron chi connectivity index (χ3n) is 9.06. The highest BCUT2D eigenvalue weighted by molar-refractivity contribution is 7.90. The lowest BCUT2D eigenvalue weighted by molar-refractivity contribution is 0.0941. The Morgan fingerprint density at radius 2 is 1.94 bits per heavy atom. The Morgan fingerprint density at radius 3 is 2.71 bits per heavy atom. The average Bonchev–Trinajstić information content (AvgIpc) is 3.67. The molecule has 1 fully saturated rings. The van der Waals surface area contributed by atoms with E-state index in [1.807, 2.05) is 12.1 Å². The molecule has 6 aromatic rings. The summed E-state index contributed by atoms with van der Waals surface area (Å²) in [5, 5.41) is 12.7. The van der Waals surface area contributed by atoms with E-state index in [0.29, 0.717) is 28.6 Å². The fourth-order valence-electron chi connectivity index (χ4n) is 6.75. The van der Waals surface area contributed by atoms with Crippen molar-refractivity contribution in [2.24, 2.45) is 7.05 Å². The number of carbonyl (C=O) groups excluding carboxylic acids is 1. The van der Waals surface area contributed by atoms with Crippen LogP contribution in [0.4, 0.5) is 10.2 Å². The smallest absolute Gasteiger partial charge is 0.300 e. The Hall–Kier alpha value is -5.85. The van der Waals surface area contributed by atoms with Crippen molar-refractivity contribution in [3.8, 4) is 17.5 Å². The van der Waals surface area contributed by atoms with Crippen LogP contribution in [-0.4, -0.2) is 49.3 Å². The van der Waals surface area contributed by atoms with Crippen LogP contribution in [-0.2, 0) is 30.1 Å². The van der Waals surface area contributed by atoms with Crippen molar-refractivity contribution in [1.29, 1.82) is 0 Å². The molecule has 4 heterocycles. The van der Waals surface area contributed by atoms with Crippen molar-refractivity contribution in [3.63, 3.8) is 0 Å². The van der Waals surface area contributed by atoms with E-state index in [1.165, 1.54) is 33.5 Å². The van der Waals surface area contributed by atoms with Crippen molar-refractivity contribution in [2.45, 2.75) is 51.1 Å². The maximum atomic E-state index is 14.8. The van der Waals surface area contributed by atoms with Crippen LogP contribution in [0.1, 0.15) is 70.5 Å². The summed E-state index contributed by atoms with van der Waals surface area (Å²) in [7, 11) is -2.25. The second kappa shape index (κ2) is 12.5. The zero-order chi connectivity index (χ0) is 35.4. The molecule has 4 aromatic heterocycles. The van der Waals surface area contributed by atoms with Gasteiger partial charge in [-0.25, -0.2) is 13.9 Å². The van der Waals surface area contributed by atoms with Crippen LogP contribution < -0.4 is 20.3 Å². The number of hydrogen-bond donors (Lipinski definition) is 3. The Bertz CT molecular complexity index is 2630. The number of benzene rings is 2. The van der Waals surface area contributed by atoms with Gasteiger partial charge < -0.3 is 5.32 Å². The van der Waals surface area contributed by atoms with Gasteiger partial charge in [-0.05, 0) is 85.9 Å². The number of amides is 1. The molecule has 2 aliphatic rings. The minimum absolute atomic E-state index is 0.0913. The van der Waals surface area contributed by atoms with Gasteiger partial charge >= 0.3 is 10.2 Å². The van der Waals surface area contributed by atoms with E-state index in [9.17, 15) is 22.4 Å². The fourth-order valence-corrected chi connectivity index (χ4v) is 7.88. The molecule has 0 aliphatic heterocycles. The van der Waals surface area contributed by atoms with E-state index in [2.05, 4.69) is 41.8 Å². The summed E-state index contributed by atoms with van der Waals surface area (Å²) in [6, 6.07) is 10.2. The standard InChI is InChI=1S/C36H32FN9O4S/c1-21(40-35(47)31-33(41-45-17-5-16-38-34(31)45)43-51(49,50)42-26-14-15-26)32-28-9-3-6-23-12-13-24(11-10-22-19-39-44(2)20-22)30(29(23)28)36(48)46(32)27-8-4-7-25(37)18-27/h4-5,7-8,12-13,16-21,26,42H,3,6,9,14-15H2,1-2H3,(H,40,47)(H,41,43)/t21-/m1/s1. The first-order valence-electron chi connectivity index (χ1n) is 16.5. The molecule has 0 bridgehead atoms. The van der Waals surface area contributed by atoms with Crippen LogP contribution in [0.25, 0.3) is 22.1 Å². The van der Waals surface area contributed by atoms with Gasteiger partial charge in [0.15, 0.2) is 11.5 Å². The minimum atomic E-state index is -4.05. The highest BCUT2D eigenvalue weighted by Crippen LogP contribution is 2.36. The van der Waals surface area contributed by atoms with Crippen LogP contribution in [0.3, 0.4) is 0 Å². The number of hydrogen-bond acceptors (Lipinski definition) is 7. The van der Waals surface area contributed by atoms with Gasteiger partial charge in [-0.3, -0.25) is 23.6 Å². The molecule has 8 rings (SSSR count). The first kappa shape index (κ1) is 32.4. The summed E-state index contributed by atoms with van der Waals surface area (Å²) in [6.45, 7) is 1.74. The molecule has 1 saturated carbocycles. The van der Waals surface area contributed by atoms with Gasteiger partial charge in [-0.2, -0.15) is 18.2 Å². The molecule has 258 valence electrons. The van der Waals surface area contributed by atoms with Crippen molar-refractivity contribution < 1.29 is 17.6 Å². The molecule has 0 unspecified atom stereocenters. The van der Waals surface area contributed by atoms with E-state index in [1.54, 1.807) is 49.4 Å². The van der Waals surface area contributed by atoms with E-state index in [4.69, 9.17) is 0 Å². The lowest BCUT2D eigenvalue weighted by atomic mass is 9.85. The highest BCUT2D eigenvalue weighted by Gasteiger charge is 2.32. The predicted molar refractivity (Wildman–Crippen MR) is 188 cm³/mol. The molecule has 1 atom stereocenters. The van der Waals surface area contributed by atoms with Crippen LogP contribution in [0, 0.1) is 17.7 Å². The number of fused-ring (bicyclic) bond motifs is 1. The van der Waals surface area contributed by atoms with Crippen LogP contribution in [0.5, 0.6) is 0 Å². The van der Waals surface area contributed by atoms with Crippen LogP contribution in [0.15, 0.2) is 72.0 Å². The van der Waals surface area contributed by atoms with E-state index < -0.39 is 33.5 Å². The first-order valence-corrected chi connectivity index (χ1v) is 18.0. The predicted octanol–water partition coefficient (Wildman–Crippen LogP) is 3.69. The Kier molecular flexibility index (Phi) is 7.92. The first-order chi connectivity index (χ1) is 24.6. The quantitative estimate of drug-likeness (QED) is 0.204. The highest BCUT2D eigenvalue weighted by atomic mass is 32.2. The van der Waals surface area contributed by atoms with Gasteiger partial charge in [-0.1, -0.05) is 24.0 Å². The third kappa shape index (κ3) is 6.13. The number of anilines is 1. The maximum Gasteiger partial charge on any atom is 0.300 e. The number of rotatable bonds is 8. The molecule has 2 aliphatic carbocycles. The molecule has 0 radical (unpaired) electrons. The molecular weight excluding hydrogens is 674 g/mol. The number of aryl methyl sites for hydroxylation is 3. The Labute approximate surface area is 291 Å². The Morgan fingerprint density at radius 1 is 1.10 bits per heavy atom. The SMILES string of the molecule is C[C@@H](NC(=O)c1c(NS(=O)(=O)NC2CC2)nn2cccnc12)c1c2c3c(ccc(C#Cc4cnn(C)c4)c3c(=O)n1-c1cccc(F)c1)CCC2. The summed E-state index contributed by atoms with van der Waals surface area (Å²) in [6.07, 6.45) is 10.0. The van der Waals surface area contributed by atoms with E-state index in [-0.39, 0.29) is 28.8 Å². The van der Waals surface area contributed by atoms with Crippen molar-refractivity contribution in [3.05, 3.63) is 117 Å². The molecule has 0 saturated heterocycles. The summed E-state index contributed by atoms with van der Waals surface area (Å²) >= 11 is 0. The van der Waals surface area contributed by atoms with Gasteiger partial charge in [0.25, 0.3) is 11.5 Å². The molecular formula is C36H32FN9O4S. The number of nitrogens with zero attached hydrogens (tertiary/aromatic N) is 6. The molecule has 0 spiro atoms. The van der Waals surface area contributed by atoms with Gasteiger partial charge in [0.1, 0.15) is 11.4 Å². The summed E-state index contributed by atoms with van der Waals surface area (Å²) in [5.41, 5.74) is 3.42. The zero-order valence-electron chi connectivity index (χ0n) is 27.6. The summed E-state index contributed by atoms with van der Waals surface area (Å²) in [4.78, 5) is 33.3. The van der Waals surface area contributed by atoms with Crippen molar-refractivity contribution in [1.82, 2.24) is 39.0 Å². The monoisotopic (exact) mass is 705 g/mol. The second-order valence-electron chi connectivity index (χ2n) is 12.8. The van der Waals surface area contributed by atoms with E-state index >= 15 is 0 Å². The van der Waals surface area contributed by atoms with Gasteiger partial charge in [0, 0.05) is 37.2 Å². The van der Waals surface area contributed by atoms with Gasteiger partial charge in [0.2, 0.25) is 0 Å². The van der Waals surface area contributed by atoms with Crippen molar-refractivity contribution in [2.75, 3.05) is 4.72 Å².